The van der Waals surface area contributed by atoms with E-state index in [2.05, 4.69) is 34.8 Å². The molecule has 150 valence electrons. The van der Waals surface area contributed by atoms with Crippen LogP contribution in [-0.2, 0) is 0 Å². The van der Waals surface area contributed by atoms with E-state index in [9.17, 15) is 4.79 Å². The maximum absolute atomic E-state index is 13.0. The van der Waals surface area contributed by atoms with Gasteiger partial charge >= 0.3 is 0 Å². The Labute approximate surface area is 167 Å². The number of nitrogens with one attached hydrogen (secondary N) is 2. The predicted molar refractivity (Wildman–Crippen MR) is 112 cm³/mol. The summed E-state index contributed by atoms with van der Waals surface area (Å²) < 4.78 is 5.67. The van der Waals surface area contributed by atoms with Gasteiger partial charge < -0.3 is 15.2 Å². The zero-order chi connectivity index (χ0) is 19.3. The first-order chi connectivity index (χ1) is 13.7. The van der Waals surface area contributed by atoms with Crippen molar-refractivity contribution in [1.82, 2.24) is 10.5 Å². The summed E-state index contributed by atoms with van der Waals surface area (Å²) in [6.07, 6.45) is 11.8. The monoisotopic (exact) mass is 381 g/mol. The minimum Gasteiger partial charge on any atom is -0.351 e. The molecule has 0 aliphatic heterocycles. The Hall–Kier alpha value is -2.30. The van der Waals surface area contributed by atoms with Crippen LogP contribution in [0.3, 0.4) is 0 Å². The van der Waals surface area contributed by atoms with Crippen LogP contribution in [-0.4, -0.2) is 23.1 Å². The van der Waals surface area contributed by atoms with E-state index in [1.54, 1.807) is 0 Å². The van der Waals surface area contributed by atoms with Gasteiger partial charge in [-0.05, 0) is 38.2 Å². The van der Waals surface area contributed by atoms with Crippen LogP contribution in [0.25, 0.3) is 11.1 Å². The molecule has 0 spiro atoms. The molecule has 2 saturated carbocycles. The van der Waals surface area contributed by atoms with Crippen LogP contribution in [0.4, 0.5) is 5.88 Å². The van der Waals surface area contributed by atoms with E-state index < -0.39 is 0 Å². The Kier molecular flexibility index (Phi) is 5.98. The molecule has 28 heavy (non-hydrogen) atoms. The highest BCUT2D eigenvalue weighted by Gasteiger charge is 2.27. The molecule has 2 fully saturated rings. The second kappa shape index (κ2) is 8.80. The molecule has 1 aromatic heterocycles. The molecule has 2 aliphatic carbocycles. The molecule has 5 heteroatoms. The molecule has 0 radical (unpaired) electrons. The number of amides is 1. The van der Waals surface area contributed by atoms with E-state index in [1.165, 1.54) is 44.1 Å². The van der Waals surface area contributed by atoms with Crippen molar-refractivity contribution in [3.05, 3.63) is 35.5 Å². The van der Waals surface area contributed by atoms with Crippen LogP contribution >= 0.6 is 0 Å². The number of anilines is 1. The highest BCUT2D eigenvalue weighted by atomic mass is 16.5. The Morgan fingerprint density at radius 1 is 0.929 bits per heavy atom. The van der Waals surface area contributed by atoms with Gasteiger partial charge in [-0.1, -0.05) is 73.5 Å². The van der Waals surface area contributed by atoms with Gasteiger partial charge in [0.25, 0.3) is 5.91 Å². The third-order valence-electron chi connectivity index (χ3n) is 6.13. The highest BCUT2D eigenvalue weighted by molar-refractivity contribution is 6.01. The van der Waals surface area contributed by atoms with E-state index in [0.29, 0.717) is 17.6 Å². The van der Waals surface area contributed by atoms with E-state index in [4.69, 9.17) is 4.52 Å². The van der Waals surface area contributed by atoms with Gasteiger partial charge in [-0.3, -0.25) is 4.79 Å². The topological polar surface area (TPSA) is 67.2 Å². The summed E-state index contributed by atoms with van der Waals surface area (Å²) in [5.41, 5.74) is 3.35. The average Bonchev–Trinajstić information content (AvgIpc) is 3.14. The van der Waals surface area contributed by atoms with Crippen molar-refractivity contribution >= 4 is 11.8 Å². The second-order valence-electron chi connectivity index (χ2n) is 8.39. The molecule has 0 bridgehead atoms. The number of carbonyl (C=O) groups excluding carboxylic acids is 1. The summed E-state index contributed by atoms with van der Waals surface area (Å²) in [6.45, 7) is 2.06. The number of benzene rings is 1. The van der Waals surface area contributed by atoms with Crippen LogP contribution in [0.5, 0.6) is 0 Å². The smallest absolute Gasteiger partial charge is 0.274 e. The van der Waals surface area contributed by atoms with E-state index in [1.807, 2.05) is 12.1 Å². The standard InChI is InChI=1S/C23H31N3O2/c1-16-12-14-17(15-13-16)20-21(22(27)24-18-8-4-2-5-9-18)26-28-23(20)25-19-10-6-3-7-11-19/h12-15,18-19,25H,2-11H2,1H3,(H,24,27). The van der Waals surface area contributed by atoms with E-state index in [0.717, 1.165) is 36.8 Å². The normalized spacial score (nSPS) is 18.8. The number of hydrogen-bond acceptors (Lipinski definition) is 4. The van der Waals surface area contributed by atoms with Crippen LogP contribution in [0, 0.1) is 6.92 Å². The fraction of sp³-hybridized carbons (Fsp3) is 0.565. The van der Waals surface area contributed by atoms with E-state index >= 15 is 0 Å². The third-order valence-corrected chi connectivity index (χ3v) is 6.13. The zero-order valence-corrected chi connectivity index (χ0v) is 16.8. The van der Waals surface area contributed by atoms with Crippen molar-refractivity contribution < 1.29 is 9.32 Å². The predicted octanol–water partition coefficient (Wildman–Crippen LogP) is 5.46. The van der Waals surface area contributed by atoms with Crippen molar-refractivity contribution in [2.45, 2.75) is 83.2 Å². The van der Waals surface area contributed by atoms with Crippen LogP contribution in [0.15, 0.2) is 28.8 Å². The Bertz CT molecular complexity index is 785. The molecular weight excluding hydrogens is 350 g/mol. The first kappa shape index (κ1) is 19.0. The van der Waals surface area contributed by atoms with E-state index in [-0.39, 0.29) is 11.9 Å². The van der Waals surface area contributed by atoms with Gasteiger partial charge in [-0.2, -0.15) is 0 Å². The molecule has 0 unspecified atom stereocenters. The molecule has 2 aromatic rings. The summed E-state index contributed by atoms with van der Waals surface area (Å²) in [6, 6.07) is 8.86. The quantitative estimate of drug-likeness (QED) is 0.722. The number of nitrogens with zero attached hydrogens (tertiary/aromatic N) is 1. The third kappa shape index (κ3) is 4.40. The number of aromatic nitrogens is 1. The Morgan fingerprint density at radius 2 is 1.54 bits per heavy atom. The molecule has 0 atom stereocenters. The minimum atomic E-state index is -0.122. The van der Waals surface area contributed by atoms with Gasteiger partial charge in [0.1, 0.15) is 0 Å². The maximum atomic E-state index is 13.0. The fourth-order valence-electron chi connectivity index (χ4n) is 4.46. The lowest BCUT2D eigenvalue weighted by atomic mass is 9.94. The number of rotatable bonds is 5. The highest BCUT2D eigenvalue weighted by Crippen LogP contribution is 2.34. The van der Waals surface area contributed by atoms with Gasteiger partial charge in [0.05, 0.1) is 5.56 Å². The van der Waals surface area contributed by atoms with Crippen molar-refractivity contribution in [2.75, 3.05) is 5.32 Å². The molecular formula is C23H31N3O2. The minimum absolute atomic E-state index is 0.122. The summed E-state index contributed by atoms with van der Waals surface area (Å²) in [5.74, 6) is 0.507. The van der Waals surface area contributed by atoms with Gasteiger partial charge in [-0.25, -0.2) is 0 Å². The zero-order valence-electron chi connectivity index (χ0n) is 16.8. The lowest BCUT2D eigenvalue weighted by Crippen LogP contribution is -2.36. The molecule has 4 rings (SSSR count). The Morgan fingerprint density at radius 3 is 2.18 bits per heavy atom. The molecule has 2 N–H and O–H groups in total. The largest absolute Gasteiger partial charge is 0.351 e. The molecule has 0 saturated heterocycles. The summed E-state index contributed by atoms with van der Waals surface area (Å²) >= 11 is 0. The first-order valence-corrected chi connectivity index (χ1v) is 10.8. The van der Waals surface area contributed by atoms with Crippen molar-refractivity contribution in [2.24, 2.45) is 0 Å². The van der Waals surface area contributed by atoms with Gasteiger partial charge in [-0.15, -0.1) is 0 Å². The fourth-order valence-corrected chi connectivity index (χ4v) is 4.46. The summed E-state index contributed by atoms with van der Waals surface area (Å²) in [5, 5.41) is 10.9. The first-order valence-electron chi connectivity index (χ1n) is 10.8. The second-order valence-corrected chi connectivity index (χ2v) is 8.39. The van der Waals surface area contributed by atoms with Crippen LogP contribution in [0.2, 0.25) is 0 Å². The molecule has 1 aromatic carbocycles. The number of aryl methyl sites for hydroxylation is 1. The summed E-state index contributed by atoms with van der Waals surface area (Å²) in [4.78, 5) is 13.0. The SMILES string of the molecule is Cc1ccc(-c2c(C(=O)NC3CCCCC3)noc2NC2CCCCC2)cc1. The maximum Gasteiger partial charge on any atom is 0.274 e. The summed E-state index contributed by atoms with van der Waals surface area (Å²) in [7, 11) is 0. The van der Waals surface area contributed by atoms with Crippen molar-refractivity contribution in [3.8, 4) is 11.1 Å². The molecule has 1 heterocycles. The van der Waals surface area contributed by atoms with Gasteiger partial charge in [0, 0.05) is 12.1 Å². The van der Waals surface area contributed by atoms with Crippen molar-refractivity contribution in [3.63, 3.8) is 0 Å². The average molecular weight is 382 g/mol. The van der Waals surface area contributed by atoms with Gasteiger partial charge in [0.2, 0.25) is 5.88 Å². The number of hydrogen-bond donors (Lipinski definition) is 2. The lowest BCUT2D eigenvalue weighted by Gasteiger charge is -2.23. The van der Waals surface area contributed by atoms with Crippen LogP contribution < -0.4 is 10.6 Å². The Balaban J connectivity index is 1.61. The lowest BCUT2D eigenvalue weighted by molar-refractivity contribution is 0.0919. The van der Waals surface area contributed by atoms with Crippen LogP contribution in [0.1, 0.15) is 80.3 Å². The number of carbonyl (C=O) groups is 1. The molecule has 2 aliphatic rings. The van der Waals surface area contributed by atoms with Gasteiger partial charge in [0.15, 0.2) is 5.69 Å². The van der Waals surface area contributed by atoms with Crippen molar-refractivity contribution in [1.29, 1.82) is 0 Å². The molecule has 1 amide bonds. The molecule has 5 nitrogen and oxygen atoms in total.